The molecule has 1 aliphatic rings. The molecule has 0 unspecified atom stereocenters. The lowest BCUT2D eigenvalue weighted by molar-refractivity contribution is -0.134. The molecule has 1 aromatic heterocycles. The van der Waals surface area contributed by atoms with Crippen LogP contribution in [0, 0.1) is 0 Å². The maximum Gasteiger partial charge on any atom is 0.329 e. The summed E-state index contributed by atoms with van der Waals surface area (Å²) in [6.07, 6.45) is 7.12. The Morgan fingerprint density at radius 3 is 1.98 bits per heavy atom. The summed E-state index contributed by atoms with van der Waals surface area (Å²) in [4.78, 5) is 59.8. The number of piperidine rings is 1. The van der Waals surface area contributed by atoms with Crippen molar-refractivity contribution in [1.29, 1.82) is 0 Å². The first kappa shape index (κ1) is 41.1. The predicted molar refractivity (Wildman–Crippen MR) is 183 cm³/mol. The van der Waals surface area contributed by atoms with Gasteiger partial charge in [-0.25, -0.2) is 34.1 Å². The van der Waals surface area contributed by atoms with Crippen molar-refractivity contribution in [3.63, 3.8) is 0 Å². The second-order valence-corrected chi connectivity index (χ2v) is 12.0. The van der Waals surface area contributed by atoms with Crippen molar-refractivity contribution in [2.75, 3.05) is 32.0 Å². The maximum absolute atomic E-state index is 13.1. The third-order valence-electron chi connectivity index (χ3n) is 6.91. The van der Waals surface area contributed by atoms with E-state index in [4.69, 9.17) is 30.3 Å². The van der Waals surface area contributed by atoms with Crippen molar-refractivity contribution in [2.24, 2.45) is 5.14 Å². The molecule has 3 aromatic rings. The molecule has 18 nitrogen and oxygen atoms in total. The second kappa shape index (κ2) is 19.8. The normalized spacial score (nSPS) is 13.3. The van der Waals surface area contributed by atoms with Crippen LogP contribution in [0.25, 0.3) is 11.3 Å². The number of imidazole rings is 1. The Bertz CT molecular complexity index is 1780. The summed E-state index contributed by atoms with van der Waals surface area (Å²) in [6, 6.07) is 14.7. The first-order chi connectivity index (χ1) is 24.0. The standard InChI is InChI=1S/C24H30N6O4S.2C4H4O4/c1-28(21-9-11-29(12-10-21)15-18-5-3-8-22(13-18)34-2)24(31)30-16-23(26-17-30)19-6-4-7-20(14-19)27-35(25,32)33;2*5-3(6)1-2-4(7)8/h3-8,13-14,16-17,21,27H,9-12,15H2,1-2H3,(H2,25,32,33);2*1-2H,(H,5,6)(H,7,8)/b;2*2-1-. The predicted octanol–water partition coefficient (Wildman–Crippen LogP) is 2.16. The molecule has 1 fully saturated rings. The van der Waals surface area contributed by atoms with Crippen LogP contribution in [-0.2, 0) is 35.9 Å². The van der Waals surface area contributed by atoms with E-state index in [1.807, 2.05) is 19.2 Å². The Morgan fingerprint density at radius 2 is 1.47 bits per heavy atom. The topological polar surface area (TPSA) is 272 Å². The molecule has 0 atom stereocenters. The largest absolute Gasteiger partial charge is 0.497 e. The van der Waals surface area contributed by atoms with E-state index >= 15 is 0 Å². The van der Waals surface area contributed by atoms with Gasteiger partial charge in [-0.05, 0) is 42.7 Å². The molecule has 1 aliphatic heterocycles. The number of aliphatic carboxylic acids is 4. The zero-order valence-electron chi connectivity index (χ0n) is 27.5. The minimum atomic E-state index is -3.88. The van der Waals surface area contributed by atoms with Gasteiger partial charge in [0.2, 0.25) is 0 Å². The molecular formula is C32H38N6O12S. The molecule has 2 heterocycles. The van der Waals surface area contributed by atoms with Crippen LogP contribution in [0.2, 0.25) is 0 Å². The number of hydrogen-bond acceptors (Lipinski definition) is 10. The van der Waals surface area contributed by atoms with Crippen LogP contribution >= 0.6 is 0 Å². The van der Waals surface area contributed by atoms with Crippen molar-refractivity contribution < 1.29 is 57.6 Å². The number of nitrogens with two attached hydrogens (primary N) is 1. The van der Waals surface area contributed by atoms with E-state index in [0.717, 1.165) is 38.2 Å². The summed E-state index contributed by atoms with van der Waals surface area (Å²) in [5.74, 6) is -4.17. The van der Waals surface area contributed by atoms with Gasteiger partial charge in [0.15, 0.2) is 0 Å². The number of carboxylic acids is 4. The highest BCUT2D eigenvalue weighted by molar-refractivity contribution is 7.90. The Labute approximate surface area is 292 Å². The Morgan fingerprint density at radius 1 is 0.922 bits per heavy atom. The molecule has 274 valence electrons. The Balaban J connectivity index is 0.000000468. The monoisotopic (exact) mass is 730 g/mol. The van der Waals surface area contributed by atoms with Gasteiger partial charge in [-0.15, -0.1) is 0 Å². The zero-order chi connectivity index (χ0) is 38.1. The Hall–Kier alpha value is -6.05. The number of aromatic nitrogens is 2. The van der Waals surface area contributed by atoms with Gasteiger partial charge in [-0.3, -0.25) is 14.2 Å². The number of ether oxygens (including phenoxy) is 1. The van der Waals surface area contributed by atoms with E-state index in [2.05, 4.69) is 26.7 Å². The maximum atomic E-state index is 13.1. The molecule has 51 heavy (non-hydrogen) atoms. The highest BCUT2D eigenvalue weighted by Crippen LogP contribution is 2.23. The second-order valence-electron chi connectivity index (χ2n) is 10.7. The van der Waals surface area contributed by atoms with Gasteiger partial charge in [0, 0.05) is 68.8 Å². The summed E-state index contributed by atoms with van der Waals surface area (Å²) >= 11 is 0. The number of anilines is 1. The van der Waals surface area contributed by atoms with Gasteiger partial charge in [0.1, 0.15) is 12.1 Å². The van der Waals surface area contributed by atoms with E-state index in [1.165, 1.54) is 16.5 Å². The molecule has 7 N–H and O–H groups in total. The third-order valence-corrected chi connectivity index (χ3v) is 7.43. The van der Waals surface area contributed by atoms with Gasteiger partial charge in [-0.2, -0.15) is 8.42 Å². The molecule has 1 saturated heterocycles. The van der Waals surface area contributed by atoms with Crippen LogP contribution in [0.5, 0.6) is 5.75 Å². The minimum absolute atomic E-state index is 0.136. The van der Waals surface area contributed by atoms with Crippen molar-refractivity contribution in [2.45, 2.75) is 25.4 Å². The fourth-order valence-electron chi connectivity index (χ4n) is 4.60. The van der Waals surface area contributed by atoms with Crippen molar-refractivity contribution in [3.8, 4) is 17.0 Å². The number of carbonyl (C=O) groups excluding carboxylic acids is 1. The van der Waals surface area contributed by atoms with Crippen LogP contribution in [0.4, 0.5) is 10.5 Å². The highest BCUT2D eigenvalue weighted by Gasteiger charge is 2.26. The van der Waals surface area contributed by atoms with Gasteiger partial charge in [0.25, 0.3) is 10.2 Å². The molecule has 19 heteroatoms. The number of hydrogen-bond donors (Lipinski definition) is 6. The van der Waals surface area contributed by atoms with E-state index in [1.54, 1.807) is 42.5 Å². The van der Waals surface area contributed by atoms with E-state index in [9.17, 15) is 32.4 Å². The molecule has 0 radical (unpaired) electrons. The van der Waals surface area contributed by atoms with Crippen LogP contribution in [0.3, 0.4) is 0 Å². The third kappa shape index (κ3) is 15.8. The number of likely N-dealkylation sites (tertiary alicyclic amines) is 1. The lowest BCUT2D eigenvalue weighted by Gasteiger charge is -2.36. The van der Waals surface area contributed by atoms with E-state index in [0.29, 0.717) is 41.2 Å². The summed E-state index contributed by atoms with van der Waals surface area (Å²) in [6.45, 7) is 2.66. The summed E-state index contributed by atoms with van der Waals surface area (Å²) in [5, 5.41) is 36.3. The number of nitrogens with zero attached hydrogens (tertiary/aromatic N) is 4. The van der Waals surface area contributed by atoms with Gasteiger partial charge in [0.05, 0.1) is 18.5 Å². The van der Waals surface area contributed by atoms with Crippen LogP contribution < -0.4 is 14.6 Å². The smallest absolute Gasteiger partial charge is 0.329 e. The fourth-order valence-corrected chi connectivity index (χ4v) is 5.06. The molecule has 0 spiro atoms. The zero-order valence-corrected chi connectivity index (χ0v) is 28.3. The van der Waals surface area contributed by atoms with E-state index in [-0.39, 0.29) is 12.1 Å². The SMILES string of the molecule is COc1cccc(CN2CCC(N(C)C(=O)n3cnc(-c4cccc(NS(N)(=O)=O)c4)c3)CC2)c1.O=C(O)/C=C\C(=O)O.O=C(O)/C=C\C(=O)O. The van der Waals surface area contributed by atoms with Gasteiger partial charge < -0.3 is 30.1 Å². The van der Waals surface area contributed by atoms with E-state index < -0.39 is 34.1 Å². The molecule has 1 amide bonds. The number of rotatable bonds is 11. The van der Waals surface area contributed by atoms with Gasteiger partial charge in [-0.1, -0.05) is 24.3 Å². The molecule has 0 bridgehead atoms. The highest BCUT2D eigenvalue weighted by atomic mass is 32.2. The van der Waals surface area contributed by atoms with Gasteiger partial charge >= 0.3 is 29.9 Å². The number of amides is 1. The van der Waals surface area contributed by atoms with Crippen LogP contribution in [-0.4, -0.2) is 111 Å². The average molecular weight is 731 g/mol. The first-order valence-electron chi connectivity index (χ1n) is 14.8. The number of carbonyl (C=O) groups is 5. The Kier molecular flexibility index (Phi) is 16.0. The summed E-state index contributed by atoms with van der Waals surface area (Å²) in [7, 11) is -0.388. The van der Waals surface area contributed by atoms with Crippen LogP contribution in [0.15, 0.2) is 85.4 Å². The quantitative estimate of drug-likeness (QED) is 0.154. The molecule has 2 aromatic carbocycles. The molecular weight excluding hydrogens is 692 g/mol. The fraction of sp³-hybridized carbons (Fsp3) is 0.250. The number of methoxy groups -OCH3 is 1. The number of nitrogens with one attached hydrogen (secondary N) is 1. The minimum Gasteiger partial charge on any atom is -0.497 e. The molecule has 4 rings (SSSR count). The number of carboxylic acid groups (broad SMARTS) is 4. The average Bonchev–Trinajstić information content (AvgIpc) is 3.57. The lowest BCUT2D eigenvalue weighted by atomic mass is 10.0. The first-order valence-corrected chi connectivity index (χ1v) is 16.4. The van der Waals surface area contributed by atoms with Crippen molar-refractivity contribution >= 4 is 45.8 Å². The summed E-state index contributed by atoms with van der Waals surface area (Å²) in [5.41, 5.74) is 2.75. The van der Waals surface area contributed by atoms with Crippen molar-refractivity contribution in [1.82, 2.24) is 19.4 Å². The molecule has 0 saturated carbocycles. The lowest BCUT2D eigenvalue weighted by Crippen LogP contribution is -2.46. The number of benzene rings is 2. The van der Waals surface area contributed by atoms with Crippen molar-refractivity contribution in [3.05, 3.63) is 90.9 Å². The summed E-state index contributed by atoms with van der Waals surface area (Å²) < 4.78 is 31.6. The molecule has 0 aliphatic carbocycles. The van der Waals surface area contributed by atoms with Crippen LogP contribution in [0.1, 0.15) is 18.4 Å².